The number of esters is 1. The second-order valence-corrected chi connectivity index (χ2v) is 6.02. The zero-order chi connectivity index (χ0) is 14.8. The predicted molar refractivity (Wildman–Crippen MR) is 81.8 cm³/mol. The van der Waals surface area contributed by atoms with Crippen LogP contribution in [0.3, 0.4) is 0 Å². The number of hydrogen-bond donors (Lipinski definition) is 1. The lowest BCUT2D eigenvalue weighted by molar-refractivity contribution is 0.0532. The number of carbonyl (C=O) groups excluding carboxylic acids is 1. The summed E-state index contributed by atoms with van der Waals surface area (Å²) in [4.78, 5) is 32.1. The van der Waals surface area contributed by atoms with Gasteiger partial charge >= 0.3 is 5.97 Å². The highest BCUT2D eigenvalue weighted by atomic mass is 32.1. The summed E-state index contributed by atoms with van der Waals surface area (Å²) in [6.45, 7) is 2.07. The molecule has 1 N–H and O–H groups in total. The van der Waals surface area contributed by atoms with Gasteiger partial charge in [0.1, 0.15) is 15.5 Å². The Kier molecular flexibility index (Phi) is 3.88. The molecule has 2 aromatic heterocycles. The fraction of sp³-hybridized carbons (Fsp3) is 0.400. The Bertz CT molecular complexity index is 773. The van der Waals surface area contributed by atoms with Crippen LogP contribution in [0.2, 0.25) is 0 Å². The Morgan fingerprint density at radius 1 is 1.52 bits per heavy atom. The van der Waals surface area contributed by atoms with Crippen molar-refractivity contribution in [1.29, 1.82) is 0 Å². The van der Waals surface area contributed by atoms with Gasteiger partial charge in [0.15, 0.2) is 0 Å². The highest BCUT2D eigenvalue weighted by molar-refractivity contribution is 7.20. The molecule has 0 bridgehead atoms. The highest BCUT2D eigenvalue weighted by Gasteiger charge is 2.15. The molecule has 2 aromatic rings. The molecule has 0 saturated carbocycles. The largest absolute Gasteiger partial charge is 0.462 e. The van der Waals surface area contributed by atoms with E-state index in [0.29, 0.717) is 33.9 Å². The third-order valence-electron chi connectivity index (χ3n) is 3.46. The number of fused-ring (bicyclic) bond motifs is 1. The molecule has 0 atom stereocenters. The summed E-state index contributed by atoms with van der Waals surface area (Å²) < 4.78 is 4.96. The summed E-state index contributed by atoms with van der Waals surface area (Å²) in [7, 11) is 0. The van der Waals surface area contributed by atoms with Gasteiger partial charge in [0.2, 0.25) is 0 Å². The van der Waals surface area contributed by atoms with Crippen LogP contribution in [0.15, 0.2) is 22.5 Å². The highest BCUT2D eigenvalue weighted by Crippen LogP contribution is 2.24. The van der Waals surface area contributed by atoms with Crippen molar-refractivity contribution in [1.82, 2.24) is 9.97 Å². The third-order valence-corrected chi connectivity index (χ3v) is 4.47. The third kappa shape index (κ3) is 2.90. The molecule has 0 spiro atoms. The van der Waals surface area contributed by atoms with Gasteiger partial charge in [-0.05, 0) is 32.3 Å². The Balaban J connectivity index is 1.95. The van der Waals surface area contributed by atoms with E-state index in [-0.39, 0.29) is 5.56 Å². The van der Waals surface area contributed by atoms with E-state index in [4.69, 9.17) is 4.74 Å². The van der Waals surface area contributed by atoms with Gasteiger partial charge in [-0.1, -0.05) is 11.6 Å². The lowest BCUT2D eigenvalue weighted by atomic mass is 10.1. The summed E-state index contributed by atoms with van der Waals surface area (Å²) in [6, 6.07) is 1.56. The first kappa shape index (κ1) is 14.0. The van der Waals surface area contributed by atoms with Crippen molar-refractivity contribution in [3.05, 3.63) is 38.8 Å². The van der Waals surface area contributed by atoms with Gasteiger partial charge in [0.05, 0.1) is 12.0 Å². The van der Waals surface area contributed by atoms with Gasteiger partial charge in [0, 0.05) is 6.42 Å². The van der Waals surface area contributed by atoms with Crippen molar-refractivity contribution >= 4 is 27.5 Å². The number of rotatable bonds is 4. The molecule has 3 rings (SSSR count). The van der Waals surface area contributed by atoms with E-state index in [2.05, 4.69) is 16.0 Å². The molecule has 1 aliphatic carbocycles. The number of aromatic amines is 1. The van der Waals surface area contributed by atoms with Gasteiger partial charge in [0.25, 0.3) is 5.56 Å². The SMILES string of the molecule is CCOC(=O)c1cc2c(=O)[nH]c(CC3=CCCC3)nc2s1. The van der Waals surface area contributed by atoms with Crippen molar-refractivity contribution < 1.29 is 9.53 Å². The molecule has 0 fully saturated rings. The first-order valence-electron chi connectivity index (χ1n) is 7.05. The van der Waals surface area contributed by atoms with Crippen molar-refractivity contribution in [3.8, 4) is 0 Å². The van der Waals surface area contributed by atoms with Crippen LogP contribution in [0.25, 0.3) is 10.2 Å². The zero-order valence-corrected chi connectivity index (χ0v) is 12.6. The van der Waals surface area contributed by atoms with E-state index < -0.39 is 5.97 Å². The first-order valence-corrected chi connectivity index (χ1v) is 7.87. The van der Waals surface area contributed by atoms with Crippen LogP contribution in [0, 0.1) is 0 Å². The van der Waals surface area contributed by atoms with Gasteiger partial charge < -0.3 is 9.72 Å². The lowest BCUT2D eigenvalue weighted by Gasteiger charge is -2.01. The van der Waals surface area contributed by atoms with Crippen LogP contribution in [-0.2, 0) is 11.2 Å². The molecule has 5 nitrogen and oxygen atoms in total. The molecule has 0 radical (unpaired) electrons. The van der Waals surface area contributed by atoms with Crippen molar-refractivity contribution in [2.24, 2.45) is 0 Å². The van der Waals surface area contributed by atoms with Crippen molar-refractivity contribution in [3.63, 3.8) is 0 Å². The number of carbonyl (C=O) groups is 1. The van der Waals surface area contributed by atoms with Crippen LogP contribution in [0.4, 0.5) is 0 Å². The van der Waals surface area contributed by atoms with E-state index >= 15 is 0 Å². The minimum absolute atomic E-state index is 0.194. The number of aromatic nitrogens is 2. The Hall–Kier alpha value is -1.95. The molecule has 2 heterocycles. The van der Waals surface area contributed by atoms with Crippen LogP contribution in [0.1, 0.15) is 41.7 Å². The topological polar surface area (TPSA) is 72.1 Å². The van der Waals surface area contributed by atoms with E-state index in [1.54, 1.807) is 13.0 Å². The molecule has 110 valence electrons. The maximum atomic E-state index is 12.1. The molecule has 0 amide bonds. The average molecular weight is 304 g/mol. The van der Waals surface area contributed by atoms with E-state index in [9.17, 15) is 9.59 Å². The normalized spacial score (nSPS) is 14.4. The predicted octanol–water partition coefficient (Wildman–Crippen LogP) is 2.81. The summed E-state index contributed by atoms with van der Waals surface area (Å²) in [6.07, 6.45) is 6.24. The molecule has 1 aliphatic rings. The summed E-state index contributed by atoms with van der Waals surface area (Å²) >= 11 is 1.21. The lowest BCUT2D eigenvalue weighted by Crippen LogP contribution is -2.11. The van der Waals surface area contributed by atoms with E-state index in [0.717, 1.165) is 12.8 Å². The monoisotopic (exact) mass is 304 g/mol. The quantitative estimate of drug-likeness (QED) is 0.696. The fourth-order valence-corrected chi connectivity index (χ4v) is 3.42. The maximum Gasteiger partial charge on any atom is 0.348 e. The molecule has 0 saturated heterocycles. The number of H-pyrrole nitrogens is 1. The van der Waals surface area contributed by atoms with Crippen molar-refractivity contribution in [2.45, 2.75) is 32.6 Å². The minimum Gasteiger partial charge on any atom is -0.462 e. The number of nitrogens with zero attached hydrogens (tertiary/aromatic N) is 1. The molecule has 0 aromatic carbocycles. The first-order chi connectivity index (χ1) is 10.2. The van der Waals surface area contributed by atoms with Gasteiger partial charge in [-0.25, -0.2) is 9.78 Å². The van der Waals surface area contributed by atoms with Crippen LogP contribution in [-0.4, -0.2) is 22.5 Å². The summed E-state index contributed by atoms with van der Waals surface area (Å²) in [5.74, 6) is 0.262. The molecular weight excluding hydrogens is 288 g/mol. The Morgan fingerprint density at radius 3 is 3.10 bits per heavy atom. The standard InChI is InChI=1S/C15H16N2O3S/c1-2-20-15(19)11-8-10-13(18)16-12(17-14(10)21-11)7-9-5-3-4-6-9/h5,8H,2-4,6-7H2,1H3,(H,16,17,18). The van der Waals surface area contributed by atoms with Crippen molar-refractivity contribution in [2.75, 3.05) is 6.61 Å². The van der Waals surface area contributed by atoms with E-state index in [1.807, 2.05) is 0 Å². The Morgan fingerprint density at radius 2 is 2.38 bits per heavy atom. The molecule has 0 unspecified atom stereocenters. The Labute approximate surface area is 125 Å². The van der Waals surface area contributed by atoms with Crippen LogP contribution >= 0.6 is 11.3 Å². The number of hydrogen-bond acceptors (Lipinski definition) is 5. The maximum absolute atomic E-state index is 12.1. The number of allylic oxidation sites excluding steroid dienone is 2. The summed E-state index contributed by atoms with van der Waals surface area (Å²) in [5, 5.41) is 0.451. The smallest absolute Gasteiger partial charge is 0.348 e. The molecular formula is C15H16N2O3S. The molecule has 6 heteroatoms. The number of nitrogens with one attached hydrogen (secondary N) is 1. The van der Waals surface area contributed by atoms with E-state index in [1.165, 1.54) is 23.3 Å². The number of thiophene rings is 1. The molecule has 21 heavy (non-hydrogen) atoms. The van der Waals surface area contributed by atoms with Crippen LogP contribution < -0.4 is 5.56 Å². The fourth-order valence-electron chi connectivity index (χ4n) is 2.48. The second-order valence-electron chi connectivity index (χ2n) is 4.99. The second kappa shape index (κ2) is 5.81. The summed E-state index contributed by atoms with van der Waals surface area (Å²) in [5.41, 5.74) is 1.13. The van der Waals surface area contributed by atoms with Crippen LogP contribution in [0.5, 0.6) is 0 Å². The van der Waals surface area contributed by atoms with Gasteiger partial charge in [-0.15, -0.1) is 11.3 Å². The average Bonchev–Trinajstić information content (AvgIpc) is 3.08. The van der Waals surface area contributed by atoms with Gasteiger partial charge in [-0.3, -0.25) is 4.79 Å². The minimum atomic E-state index is -0.403. The zero-order valence-electron chi connectivity index (χ0n) is 11.8. The molecule has 0 aliphatic heterocycles. The van der Waals surface area contributed by atoms with Gasteiger partial charge in [-0.2, -0.15) is 0 Å². The number of ether oxygens (including phenoxy) is 1.